The zero-order valence-electron chi connectivity index (χ0n) is 10.7. The van der Waals surface area contributed by atoms with Gasteiger partial charge in [0.1, 0.15) is 11.3 Å². The second-order valence-electron chi connectivity index (χ2n) is 4.34. The third kappa shape index (κ3) is 2.68. The summed E-state index contributed by atoms with van der Waals surface area (Å²) >= 11 is 11.6. The van der Waals surface area contributed by atoms with Gasteiger partial charge >= 0.3 is 0 Å². The van der Waals surface area contributed by atoms with Gasteiger partial charge in [-0.25, -0.2) is 9.97 Å². The van der Waals surface area contributed by atoms with Gasteiger partial charge in [0, 0.05) is 0 Å². The van der Waals surface area contributed by atoms with Crippen molar-refractivity contribution in [2.45, 2.75) is 19.8 Å². The number of rotatable bonds is 3. The lowest BCUT2D eigenvalue weighted by atomic mass is 10.1. The Kier molecular flexibility index (Phi) is 4.10. The fourth-order valence-electron chi connectivity index (χ4n) is 1.58. The molecule has 0 saturated heterocycles. The highest BCUT2D eigenvalue weighted by molar-refractivity contribution is 6.43. The maximum atomic E-state index is 12.1. The Morgan fingerprint density at radius 2 is 2.10 bits per heavy atom. The van der Waals surface area contributed by atoms with E-state index in [1.165, 1.54) is 6.33 Å². The van der Waals surface area contributed by atoms with Gasteiger partial charge in [-0.05, 0) is 5.92 Å². The van der Waals surface area contributed by atoms with Crippen molar-refractivity contribution in [2.24, 2.45) is 0 Å². The van der Waals surface area contributed by atoms with E-state index in [4.69, 9.17) is 28.9 Å². The first-order valence-electron chi connectivity index (χ1n) is 5.72. The van der Waals surface area contributed by atoms with Gasteiger partial charge in [0.25, 0.3) is 5.91 Å². The van der Waals surface area contributed by atoms with Crippen LogP contribution < -0.4 is 11.1 Å². The standard InChI is InChI=1S/C11H12Cl2N6O/c1-4(2)7-6(14)8(19-18-7)11(20)17-10-5(12)9(13)15-3-16-10/h3-4H,14H2,1-2H3,(H,18,19)(H,15,16,17,20). The van der Waals surface area contributed by atoms with Crippen LogP contribution in [0.15, 0.2) is 6.33 Å². The number of nitrogens with two attached hydrogens (primary N) is 1. The molecule has 1 amide bonds. The molecule has 0 saturated carbocycles. The van der Waals surface area contributed by atoms with Crippen LogP contribution in [0.4, 0.5) is 11.5 Å². The molecule has 0 spiro atoms. The predicted molar refractivity (Wildman–Crippen MR) is 77.1 cm³/mol. The van der Waals surface area contributed by atoms with Crippen molar-refractivity contribution in [3.63, 3.8) is 0 Å². The maximum Gasteiger partial charge on any atom is 0.279 e. The molecule has 0 aliphatic carbocycles. The summed E-state index contributed by atoms with van der Waals surface area (Å²) in [5, 5.41) is 9.24. The van der Waals surface area contributed by atoms with Gasteiger partial charge in [-0.3, -0.25) is 9.89 Å². The summed E-state index contributed by atoms with van der Waals surface area (Å²) in [4.78, 5) is 19.6. The molecule has 0 radical (unpaired) electrons. The van der Waals surface area contributed by atoms with Crippen LogP contribution in [-0.4, -0.2) is 26.1 Å². The summed E-state index contributed by atoms with van der Waals surface area (Å²) in [6.07, 6.45) is 1.19. The van der Waals surface area contributed by atoms with E-state index in [1.54, 1.807) is 0 Å². The number of carbonyl (C=O) groups is 1. The summed E-state index contributed by atoms with van der Waals surface area (Å²) in [5.74, 6) is -0.298. The summed E-state index contributed by atoms with van der Waals surface area (Å²) in [6, 6.07) is 0. The molecule has 2 aromatic heterocycles. The minimum absolute atomic E-state index is 0.0508. The SMILES string of the molecule is CC(C)c1[nH]nc(C(=O)Nc2ncnc(Cl)c2Cl)c1N. The molecule has 0 aromatic carbocycles. The molecule has 0 unspecified atom stereocenters. The van der Waals surface area contributed by atoms with Crippen LogP contribution in [0.1, 0.15) is 35.9 Å². The third-order valence-corrected chi connectivity index (χ3v) is 3.35. The third-order valence-electron chi connectivity index (χ3n) is 2.60. The highest BCUT2D eigenvalue weighted by atomic mass is 35.5. The van der Waals surface area contributed by atoms with Gasteiger partial charge in [-0.15, -0.1) is 0 Å². The number of aromatic nitrogens is 4. The molecule has 106 valence electrons. The Labute approximate surface area is 124 Å². The molecule has 4 N–H and O–H groups in total. The Morgan fingerprint density at radius 3 is 2.70 bits per heavy atom. The Hall–Kier alpha value is -1.86. The van der Waals surface area contributed by atoms with E-state index in [1.807, 2.05) is 13.8 Å². The van der Waals surface area contributed by atoms with Crippen LogP contribution in [-0.2, 0) is 0 Å². The van der Waals surface area contributed by atoms with Crippen molar-refractivity contribution in [3.05, 3.63) is 27.9 Å². The average molecular weight is 315 g/mol. The predicted octanol–water partition coefficient (Wildman–Crippen LogP) is 2.46. The minimum atomic E-state index is -0.526. The van der Waals surface area contributed by atoms with Crippen LogP contribution >= 0.6 is 23.2 Å². The van der Waals surface area contributed by atoms with Gasteiger partial charge < -0.3 is 11.1 Å². The van der Waals surface area contributed by atoms with E-state index in [2.05, 4.69) is 25.5 Å². The lowest BCUT2D eigenvalue weighted by Gasteiger charge is -2.06. The molecule has 0 atom stereocenters. The molecular weight excluding hydrogens is 303 g/mol. The number of carbonyl (C=O) groups excluding carboxylic acids is 1. The van der Waals surface area contributed by atoms with Gasteiger partial charge in [-0.1, -0.05) is 37.0 Å². The van der Waals surface area contributed by atoms with E-state index < -0.39 is 5.91 Å². The number of anilines is 2. The second kappa shape index (κ2) is 5.64. The molecule has 0 aliphatic rings. The Balaban J connectivity index is 2.27. The van der Waals surface area contributed by atoms with Crippen LogP contribution in [0, 0.1) is 0 Å². The van der Waals surface area contributed by atoms with Crippen LogP contribution in [0.5, 0.6) is 0 Å². The smallest absolute Gasteiger partial charge is 0.279 e. The molecule has 2 rings (SSSR count). The van der Waals surface area contributed by atoms with Gasteiger partial charge in [0.2, 0.25) is 0 Å². The van der Waals surface area contributed by atoms with Gasteiger partial charge in [0.15, 0.2) is 16.7 Å². The van der Waals surface area contributed by atoms with Crippen LogP contribution in [0.3, 0.4) is 0 Å². The van der Waals surface area contributed by atoms with E-state index in [0.29, 0.717) is 11.4 Å². The van der Waals surface area contributed by atoms with Crippen molar-refractivity contribution in [2.75, 3.05) is 11.1 Å². The number of amides is 1. The monoisotopic (exact) mass is 314 g/mol. The lowest BCUT2D eigenvalue weighted by Crippen LogP contribution is -2.16. The van der Waals surface area contributed by atoms with Crippen LogP contribution in [0.25, 0.3) is 0 Å². The van der Waals surface area contributed by atoms with E-state index in [9.17, 15) is 4.79 Å². The van der Waals surface area contributed by atoms with Crippen molar-refractivity contribution in [3.8, 4) is 0 Å². The average Bonchev–Trinajstić information content (AvgIpc) is 2.77. The summed E-state index contributed by atoms with van der Waals surface area (Å²) in [5.41, 5.74) is 6.96. The van der Waals surface area contributed by atoms with Crippen molar-refractivity contribution in [1.29, 1.82) is 0 Å². The number of nitrogens with one attached hydrogen (secondary N) is 2. The molecule has 0 aliphatic heterocycles. The minimum Gasteiger partial charge on any atom is -0.395 e. The van der Waals surface area contributed by atoms with Gasteiger partial charge in [-0.2, -0.15) is 5.10 Å². The zero-order chi connectivity index (χ0) is 14.9. The first kappa shape index (κ1) is 14.5. The van der Waals surface area contributed by atoms with Crippen molar-refractivity contribution in [1.82, 2.24) is 20.2 Å². The fraction of sp³-hybridized carbons (Fsp3) is 0.273. The summed E-state index contributed by atoms with van der Waals surface area (Å²) < 4.78 is 0. The normalized spacial score (nSPS) is 10.8. The zero-order valence-corrected chi connectivity index (χ0v) is 12.2. The lowest BCUT2D eigenvalue weighted by molar-refractivity contribution is 0.102. The highest BCUT2D eigenvalue weighted by Gasteiger charge is 2.20. The number of aromatic amines is 1. The molecule has 9 heteroatoms. The molecular formula is C11H12Cl2N6O. The highest BCUT2D eigenvalue weighted by Crippen LogP contribution is 2.27. The molecule has 0 fully saturated rings. The molecule has 0 bridgehead atoms. The first-order chi connectivity index (χ1) is 9.41. The van der Waals surface area contributed by atoms with Crippen LogP contribution in [0.2, 0.25) is 10.2 Å². The second-order valence-corrected chi connectivity index (χ2v) is 5.07. The van der Waals surface area contributed by atoms with Crippen molar-refractivity contribution < 1.29 is 4.79 Å². The molecule has 7 nitrogen and oxygen atoms in total. The molecule has 2 heterocycles. The fourth-order valence-corrected chi connectivity index (χ4v) is 1.86. The number of hydrogen-bond acceptors (Lipinski definition) is 5. The first-order valence-corrected chi connectivity index (χ1v) is 6.48. The molecule has 20 heavy (non-hydrogen) atoms. The van der Waals surface area contributed by atoms with E-state index in [-0.39, 0.29) is 27.6 Å². The quantitative estimate of drug-likeness (QED) is 0.754. The number of hydrogen-bond donors (Lipinski definition) is 3. The van der Waals surface area contributed by atoms with E-state index >= 15 is 0 Å². The molecule has 2 aromatic rings. The van der Waals surface area contributed by atoms with Gasteiger partial charge in [0.05, 0.1) is 11.4 Å². The number of halogens is 2. The maximum absolute atomic E-state index is 12.1. The number of nitrogens with zero attached hydrogens (tertiary/aromatic N) is 3. The Morgan fingerprint density at radius 1 is 1.40 bits per heavy atom. The topological polar surface area (TPSA) is 110 Å². The summed E-state index contributed by atoms with van der Waals surface area (Å²) in [6.45, 7) is 3.87. The Bertz CT molecular complexity index is 654. The number of nitrogen functional groups attached to an aromatic ring is 1. The number of H-pyrrole nitrogens is 1. The van der Waals surface area contributed by atoms with Crippen molar-refractivity contribution >= 4 is 40.6 Å². The summed E-state index contributed by atoms with van der Waals surface area (Å²) in [7, 11) is 0. The van der Waals surface area contributed by atoms with E-state index in [0.717, 1.165) is 0 Å². The largest absolute Gasteiger partial charge is 0.395 e.